The second kappa shape index (κ2) is 16.2. The summed E-state index contributed by atoms with van der Waals surface area (Å²) < 4.78 is 37.6. The molecule has 0 N–H and O–H groups in total. The molecule has 41 heavy (non-hydrogen) atoms. The normalized spacial score (nSPS) is 19.6. The van der Waals surface area contributed by atoms with Crippen LogP contribution >= 0.6 is 0 Å². The Kier molecular flexibility index (Phi) is 11.5. The first-order valence-corrected chi connectivity index (χ1v) is 14.1. The molecule has 1 heterocycles. The Labute approximate surface area is 242 Å². The molecule has 0 spiro atoms. The van der Waals surface area contributed by atoms with Crippen LogP contribution in [-0.4, -0.2) is 44.4 Å². The summed E-state index contributed by atoms with van der Waals surface area (Å²) in [5.74, 6) is 0. The summed E-state index contributed by atoms with van der Waals surface area (Å²) in [6.45, 7) is 2.65. The molecule has 4 unspecified atom stereocenters. The van der Waals surface area contributed by atoms with Crippen molar-refractivity contribution < 1.29 is 28.4 Å². The summed E-state index contributed by atoms with van der Waals surface area (Å²) in [6, 6.07) is 40.5. The highest BCUT2D eigenvalue weighted by molar-refractivity contribution is 5.16. The summed E-state index contributed by atoms with van der Waals surface area (Å²) in [5, 5.41) is 0. The van der Waals surface area contributed by atoms with Crippen molar-refractivity contribution in [1.29, 1.82) is 0 Å². The Morgan fingerprint density at radius 1 is 0.561 bits per heavy atom. The van der Waals surface area contributed by atoms with Gasteiger partial charge in [0.1, 0.15) is 31.2 Å². The second-order valence-corrected chi connectivity index (χ2v) is 10.1. The molecule has 6 heteroatoms. The van der Waals surface area contributed by atoms with Crippen molar-refractivity contribution in [1.82, 2.24) is 0 Å². The number of benzene rings is 4. The van der Waals surface area contributed by atoms with Crippen LogP contribution in [0.5, 0.6) is 0 Å². The average molecular weight is 555 g/mol. The molecule has 1 aliphatic heterocycles. The summed E-state index contributed by atoms with van der Waals surface area (Å²) in [4.78, 5) is 0. The molecule has 4 aromatic carbocycles. The molecule has 0 saturated carbocycles. The molecule has 4 atom stereocenters. The number of hydrogen-bond donors (Lipinski definition) is 0. The van der Waals surface area contributed by atoms with E-state index < -0.39 is 12.2 Å². The number of rotatable bonds is 15. The van der Waals surface area contributed by atoms with Gasteiger partial charge in [-0.05, 0) is 22.3 Å². The van der Waals surface area contributed by atoms with E-state index in [-0.39, 0.29) is 19.0 Å². The molecule has 0 aliphatic carbocycles. The predicted octanol–water partition coefficient (Wildman–Crippen LogP) is 6.33. The third-order valence-electron chi connectivity index (χ3n) is 6.98. The summed E-state index contributed by atoms with van der Waals surface area (Å²) in [5.41, 5.74) is 4.36. The third-order valence-corrected chi connectivity index (χ3v) is 6.98. The predicted molar refractivity (Wildman–Crippen MR) is 157 cm³/mol. The van der Waals surface area contributed by atoms with Gasteiger partial charge in [0.05, 0.1) is 39.6 Å². The lowest BCUT2D eigenvalue weighted by Crippen LogP contribution is -2.56. The zero-order valence-electron chi connectivity index (χ0n) is 23.3. The molecule has 0 amide bonds. The van der Waals surface area contributed by atoms with Crippen LogP contribution in [0.15, 0.2) is 121 Å². The fourth-order valence-corrected chi connectivity index (χ4v) is 4.79. The van der Waals surface area contributed by atoms with Crippen molar-refractivity contribution >= 4 is 0 Å². The van der Waals surface area contributed by atoms with Crippen LogP contribution in [-0.2, 0) is 54.8 Å². The van der Waals surface area contributed by atoms with Crippen molar-refractivity contribution in [3.8, 4) is 0 Å². The summed E-state index contributed by atoms with van der Waals surface area (Å²) in [7, 11) is 0. The monoisotopic (exact) mass is 554 g/mol. The zero-order chi connectivity index (χ0) is 28.0. The standard InChI is InChI=1S/C35H38O6/c1-5-13-28(14-6-1)21-36-25-32(38-23-30-17-9-3-10-18-30)35-34(39-24-31-19-11-4-12-20-31)33(40-27-41-35)26-37-22-29-15-7-2-8-16-29/h1-20,32-35H,21-27H2. The van der Waals surface area contributed by atoms with E-state index in [4.69, 9.17) is 28.4 Å². The van der Waals surface area contributed by atoms with Gasteiger partial charge >= 0.3 is 0 Å². The Hall–Kier alpha value is -3.36. The van der Waals surface area contributed by atoms with Gasteiger partial charge in [0, 0.05) is 0 Å². The minimum atomic E-state index is -0.430. The third kappa shape index (κ3) is 9.33. The number of ether oxygens (including phenoxy) is 6. The quantitative estimate of drug-likeness (QED) is 0.171. The van der Waals surface area contributed by atoms with Gasteiger partial charge in [0.15, 0.2) is 0 Å². The Bertz CT molecular complexity index is 1240. The Balaban J connectivity index is 1.30. The highest BCUT2D eigenvalue weighted by atomic mass is 16.7. The highest BCUT2D eigenvalue weighted by Gasteiger charge is 2.41. The SMILES string of the molecule is c1ccc(COCC(OCc2ccccc2)C2OCOC(COCc3ccccc3)C2OCc2ccccc2)cc1. The molecule has 4 aromatic rings. The maximum absolute atomic E-state index is 6.53. The lowest BCUT2D eigenvalue weighted by molar-refractivity contribution is -0.282. The van der Waals surface area contributed by atoms with Crippen molar-refractivity contribution in [3.05, 3.63) is 144 Å². The Morgan fingerprint density at radius 2 is 1.05 bits per heavy atom. The van der Waals surface area contributed by atoms with E-state index in [1.54, 1.807) is 0 Å². The van der Waals surface area contributed by atoms with Crippen LogP contribution in [0.25, 0.3) is 0 Å². The van der Waals surface area contributed by atoms with Crippen molar-refractivity contribution in [2.75, 3.05) is 20.0 Å². The van der Waals surface area contributed by atoms with Gasteiger partial charge in [0.25, 0.3) is 0 Å². The van der Waals surface area contributed by atoms with Crippen LogP contribution in [0.4, 0.5) is 0 Å². The van der Waals surface area contributed by atoms with Crippen LogP contribution in [0.3, 0.4) is 0 Å². The van der Waals surface area contributed by atoms with Crippen LogP contribution in [0.1, 0.15) is 22.3 Å². The minimum Gasteiger partial charge on any atom is -0.374 e. The lowest BCUT2D eigenvalue weighted by atomic mass is 10.0. The first-order chi connectivity index (χ1) is 20.3. The van der Waals surface area contributed by atoms with E-state index in [1.165, 1.54) is 0 Å². The largest absolute Gasteiger partial charge is 0.374 e. The molecular weight excluding hydrogens is 516 g/mol. The smallest absolute Gasteiger partial charge is 0.147 e. The minimum absolute atomic E-state index is 0.124. The van der Waals surface area contributed by atoms with Crippen LogP contribution in [0, 0.1) is 0 Å². The van der Waals surface area contributed by atoms with E-state index in [9.17, 15) is 0 Å². The van der Waals surface area contributed by atoms with E-state index in [2.05, 4.69) is 36.4 Å². The van der Waals surface area contributed by atoms with Gasteiger partial charge in [-0.2, -0.15) is 0 Å². The molecule has 0 aromatic heterocycles. The fraction of sp³-hybridized carbons (Fsp3) is 0.314. The lowest BCUT2D eigenvalue weighted by Gasteiger charge is -2.41. The first-order valence-electron chi connectivity index (χ1n) is 14.1. The van der Waals surface area contributed by atoms with Gasteiger partial charge in [-0.1, -0.05) is 121 Å². The topological polar surface area (TPSA) is 55.4 Å². The average Bonchev–Trinajstić information content (AvgIpc) is 3.04. The van der Waals surface area contributed by atoms with Crippen molar-refractivity contribution in [2.45, 2.75) is 50.8 Å². The van der Waals surface area contributed by atoms with Gasteiger partial charge in [-0.15, -0.1) is 0 Å². The van der Waals surface area contributed by atoms with Gasteiger partial charge in [-0.3, -0.25) is 0 Å². The number of hydrogen-bond acceptors (Lipinski definition) is 6. The molecule has 5 rings (SSSR count). The zero-order valence-corrected chi connectivity index (χ0v) is 23.3. The molecule has 6 nitrogen and oxygen atoms in total. The molecular formula is C35H38O6. The van der Waals surface area contributed by atoms with Crippen LogP contribution < -0.4 is 0 Å². The molecule has 0 bridgehead atoms. The van der Waals surface area contributed by atoms with Gasteiger partial charge in [0.2, 0.25) is 0 Å². The maximum Gasteiger partial charge on any atom is 0.147 e. The molecule has 1 aliphatic rings. The van der Waals surface area contributed by atoms with Crippen molar-refractivity contribution in [2.24, 2.45) is 0 Å². The molecule has 214 valence electrons. The second-order valence-electron chi connectivity index (χ2n) is 10.1. The molecule has 1 fully saturated rings. The van der Waals surface area contributed by atoms with E-state index >= 15 is 0 Å². The van der Waals surface area contributed by atoms with E-state index in [0.29, 0.717) is 39.6 Å². The van der Waals surface area contributed by atoms with Crippen molar-refractivity contribution in [3.63, 3.8) is 0 Å². The molecule has 1 saturated heterocycles. The highest BCUT2D eigenvalue weighted by Crippen LogP contribution is 2.25. The van der Waals surface area contributed by atoms with Gasteiger partial charge in [-0.25, -0.2) is 0 Å². The van der Waals surface area contributed by atoms with E-state index in [0.717, 1.165) is 22.3 Å². The van der Waals surface area contributed by atoms with Gasteiger partial charge < -0.3 is 28.4 Å². The Morgan fingerprint density at radius 3 is 1.61 bits per heavy atom. The van der Waals surface area contributed by atoms with Crippen LogP contribution in [0.2, 0.25) is 0 Å². The molecule has 0 radical (unpaired) electrons. The fourth-order valence-electron chi connectivity index (χ4n) is 4.79. The summed E-state index contributed by atoms with van der Waals surface area (Å²) >= 11 is 0. The van der Waals surface area contributed by atoms with E-state index in [1.807, 2.05) is 84.9 Å². The maximum atomic E-state index is 6.53. The summed E-state index contributed by atoms with van der Waals surface area (Å²) in [6.07, 6.45) is -1.57. The first kappa shape index (κ1) is 29.1.